The lowest BCUT2D eigenvalue weighted by Gasteiger charge is -2.60. The van der Waals surface area contributed by atoms with Crippen LogP contribution in [0.5, 0.6) is 0 Å². The molecule has 2 heteroatoms. The van der Waals surface area contributed by atoms with Crippen molar-refractivity contribution in [2.45, 2.75) is 77.0 Å². The highest BCUT2D eigenvalue weighted by Gasteiger charge is 2.60. The van der Waals surface area contributed by atoms with Crippen molar-refractivity contribution in [3.05, 3.63) is 0 Å². The van der Waals surface area contributed by atoms with Gasteiger partial charge in [-0.25, -0.2) is 0 Å². The Bertz CT molecular complexity index is 460. The monoisotopic (exact) mass is 308 g/mol. The Balaban J connectivity index is 1.64. The van der Waals surface area contributed by atoms with Crippen molar-refractivity contribution in [2.24, 2.45) is 34.5 Å². The second-order valence-electron chi connectivity index (χ2n) is 8.95. The van der Waals surface area contributed by atoms with E-state index in [0.29, 0.717) is 22.5 Å². The minimum Gasteiger partial charge on any atom is -0.299 e. The molecule has 7 atom stereocenters. The molecule has 0 aromatic heterocycles. The summed E-state index contributed by atoms with van der Waals surface area (Å²) < 4.78 is 0. The molecule has 0 N–H and O–H groups in total. The number of carbonyl (C=O) groups is 1. The maximum absolute atomic E-state index is 12.4. The van der Waals surface area contributed by atoms with Crippen LogP contribution < -0.4 is 0 Å². The van der Waals surface area contributed by atoms with Crippen LogP contribution in [0, 0.1) is 34.5 Å². The van der Waals surface area contributed by atoms with E-state index in [4.69, 9.17) is 11.6 Å². The Labute approximate surface area is 134 Å². The lowest BCUT2D eigenvalue weighted by atomic mass is 9.45. The van der Waals surface area contributed by atoms with Gasteiger partial charge in [-0.05, 0) is 80.5 Å². The number of halogens is 1. The molecule has 0 saturated heterocycles. The van der Waals surface area contributed by atoms with E-state index in [1.165, 1.54) is 44.9 Å². The fraction of sp³-hybridized carbons (Fsp3) is 0.947. The van der Waals surface area contributed by atoms with Gasteiger partial charge in [0.1, 0.15) is 5.78 Å². The Morgan fingerprint density at radius 3 is 2.62 bits per heavy atom. The lowest BCUT2D eigenvalue weighted by molar-refractivity contribution is -0.138. The van der Waals surface area contributed by atoms with E-state index < -0.39 is 0 Å². The Morgan fingerprint density at radius 1 is 1.00 bits per heavy atom. The molecule has 0 amide bonds. The maximum Gasteiger partial charge on any atom is 0.139 e. The highest BCUT2D eigenvalue weighted by atomic mass is 35.5. The minimum absolute atomic E-state index is 0.0358. The topological polar surface area (TPSA) is 17.1 Å². The number of ketones is 1. The summed E-state index contributed by atoms with van der Waals surface area (Å²) in [5.41, 5.74) is 0.551. The van der Waals surface area contributed by atoms with Crippen LogP contribution >= 0.6 is 11.6 Å². The van der Waals surface area contributed by atoms with E-state index >= 15 is 0 Å². The second-order valence-corrected chi connectivity index (χ2v) is 9.56. The van der Waals surface area contributed by atoms with Crippen LogP contribution in [0.2, 0.25) is 0 Å². The van der Waals surface area contributed by atoms with Gasteiger partial charge in [0.25, 0.3) is 0 Å². The molecule has 0 radical (unpaired) electrons. The molecule has 4 rings (SSSR count). The first-order chi connectivity index (χ1) is 9.95. The molecule has 4 fully saturated rings. The van der Waals surface area contributed by atoms with Crippen LogP contribution in [0.15, 0.2) is 0 Å². The van der Waals surface area contributed by atoms with Crippen LogP contribution in [-0.4, -0.2) is 11.2 Å². The minimum atomic E-state index is 0.0358. The van der Waals surface area contributed by atoms with E-state index in [9.17, 15) is 4.79 Å². The van der Waals surface area contributed by atoms with Crippen LogP contribution in [-0.2, 0) is 4.79 Å². The summed E-state index contributed by atoms with van der Waals surface area (Å²) in [6.07, 6.45) is 11.0. The first-order valence-corrected chi connectivity index (χ1v) is 9.56. The van der Waals surface area contributed by atoms with Crippen molar-refractivity contribution in [1.29, 1.82) is 0 Å². The van der Waals surface area contributed by atoms with E-state index in [2.05, 4.69) is 13.8 Å². The number of rotatable bonds is 0. The molecule has 3 unspecified atom stereocenters. The standard InChI is InChI=1S/C19H29ClO/c1-18-9-7-13(20)11-12(18)3-4-14-15-5-6-17(21)19(15,2)10-8-16(14)18/h12-16H,3-11H2,1-2H3/t12-,13+,14?,15?,16?,18-,19-/m0/s1. The summed E-state index contributed by atoms with van der Waals surface area (Å²) in [5.74, 6) is 3.79. The average Bonchev–Trinajstić information content (AvgIpc) is 2.76. The summed E-state index contributed by atoms with van der Waals surface area (Å²) in [6, 6.07) is 0. The Morgan fingerprint density at radius 2 is 1.81 bits per heavy atom. The number of carbonyl (C=O) groups excluding carboxylic acids is 1. The molecule has 21 heavy (non-hydrogen) atoms. The number of hydrogen-bond donors (Lipinski definition) is 0. The molecule has 0 spiro atoms. The van der Waals surface area contributed by atoms with Gasteiger partial charge in [0, 0.05) is 17.2 Å². The molecule has 1 nitrogen and oxygen atoms in total. The van der Waals surface area contributed by atoms with Crippen molar-refractivity contribution >= 4 is 17.4 Å². The summed E-state index contributed by atoms with van der Waals surface area (Å²) >= 11 is 6.46. The van der Waals surface area contributed by atoms with Crippen molar-refractivity contribution in [3.8, 4) is 0 Å². The first kappa shape index (κ1) is 14.5. The van der Waals surface area contributed by atoms with Gasteiger partial charge in [0.2, 0.25) is 0 Å². The van der Waals surface area contributed by atoms with Gasteiger partial charge in [0.05, 0.1) is 0 Å². The largest absolute Gasteiger partial charge is 0.299 e. The summed E-state index contributed by atoms with van der Waals surface area (Å²) in [6.45, 7) is 4.85. The van der Waals surface area contributed by atoms with Crippen molar-refractivity contribution in [2.75, 3.05) is 0 Å². The Kier molecular flexibility index (Phi) is 3.27. The molecule has 118 valence electrons. The molecular formula is C19H29ClO. The van der Waals surface area contributed by atoms with Crippen LogP contribution in [0.1, 0.15) is 71.6 Å². The van der Waals surface area contributed by atoms with Gasteiger partial charge >= 0.3 is 0 Å². The fourth-order valence-electron chi connectivity index (χ4n) is 6.98. The van der Waals surface area contributed by atoms with Crippen LogP contribution in [0.3, 0.4) is 0 Å². The molecule has 0 bridgehead atoms. The SMILES string of the molecule is C[C@]12CCC3C(CC[C@H]4C[C@H](Cl)CC[C@]34C)C1CCC2=O. The number of alkyl halides is 1. The van der Waals surface area contributed by atoms with Crippen molar-refractivity contribution < 1.29 is 4.79 Å². The Hall–Kier alpha value is -0.0400. The predicted octanol–water partition coefficient (Wildman–Crippen LogP) is 5.21. The molecule has 4 aliphatic carbocycles. The maximum atomic E-state index is 12.4. The highest BCUT2D eigenvalue weighted by molar-refractivity contribution is 6.20. The normalized spacial score (nSPS) is 56.5. The van der Waals surface area contributed by atoms with Gasteiger partial charge in [-0.2, -0.15) is 0 Å². The molecule has 0 aromatic carbocycles. The molecule has 0 heterocycles. The quantitative estimate of drug-likeness (QED) is 0.562. The first-order valence-electron chi connectivity index (χ1n) is 9.12. The summed E-state index contributed by atoms with van der Waals surface area (Å²) in [7, 11) is 0. The van der Waals surface area contributed by atoms with E-state index in [1.54, 1.807) is 0 Å². The molecule has 4 aliphatic rings. The smallest absolute Gasteiger partial charge is 0.139 e. The predicted molar refractivity (Wildman–Crippen MR) is 86.4 cm³/mol. The number of fused-ring (bicyclic) bond motifs is 5. The van der Waals surface area contributed by atoms with E-state index in [1.807, 2.05) is 0 Å². The third kappa shape index (κ3) is 1.92. The third-order valence-electron chi connectivity index (χ3n) is 8.31. The zero-order valence-electron chi connectivity index (χ0n) is 13.5. The van der Waals surface area contributed by atoms with Crippen molar-refractivity contribution in [3.63, 3.8) is 0 Å². The molecule has 0 aromatic rings. The average molecular weight is 309 g/mol. The number of Topliss-reactive ketones (excluding diaryl/α,β-unsaturated/α-hetero) is 1. The lowest BCUT2D eigenvalue weighted by Crippen LogP contribution is -2.53. The zero-order chi connectivity index (χ0) is 14.8. The summed E-state index contributed by atoms with van der Waals surface area (Å²) in [5, 5.41) is 0.418. The summed E-state index contributed by atoms with van der Waals surface area (Å²) in [4.78, 5) is 12.4. The van der Waals surface area contributed by atoms with Gasteiger partial charge < -0.3 is 0 Å². The molecule has 0 aliphatic heterocycles. The van der Waals surface area contributed by atoms with Gasteiger partial charge in [-0.3, -0.25) is 4.79 Å². The molecule has 4 saturated carbocycles. The molecular weight excluding hydrogens is 280 g/mol. The second kappa shape index (κ2) is 4.73. The van der Waals surface area contributed by atoms with Crippen LogP contribution in [0.25, 0.3) is 0 Å². The third-order valence-corrected chi connectivity index (χ3v) is 8.71. The van der Waals surface area contributed by atoms with Gasteiger partial charge in [-0.15, -0.1) is 11.6 Å². The fourth-order valence-corrected chi connectivity index (χ4v) is 7.30. The number of hydrogen-bond acceptors (Lipinski definition) is 1. The van der Waals surface area contributed by atoms with Gasteiger partial charge in [-0.1, -0.05) is 13.8 Å². The van der Waals surface area contributed by atoms with E-state index in [0.717, 1.165) is 30.6 Å². The zero-order valence-corrected chi connectivity index (χ0v) is 14.3. The van der Waals surface area contributed by atoms with Crippen molar-refractivity contribution in [1.82, 2.24) is 0 Å². The van der Waals surface area contributed by atoms with Crippen LogP contribution in [0.4, 0.5) is 0 Å². The van der Waals surface area contributed by atoms with Gasteiger partial charge in [0.15, 0.2) is 0 Å². The van der Waals surface area contributed by atoms with E-state index in [-0.39, 0.29) is 5.41 Å². The highest BCUT2D eigenvalue weighted by Crippen LogP contribution is 2.65.